The molecule has 0 aromatic heterocycles. The summed E-state index contributed by atoms with van der Waals surface area (Å²) in [5.41, 5.74) is 0.981. The number of benzene rings is 2. The maximum absolute atomic E-state index is 13.3. The number of nitrogens with zero attached hydrogens (tertiary/aromatic N) is 2. The Kier molecular flexibility index (Phi) is 2.78. The Labute approximate surface area is 118 Å². The molecule has 0 saturated heterocycles. The van der Waals surface area contributed by atoms with Gasteiger partial charge in [0.05, 0.1) is 12.6 Å². The van der Waals surface area contributed by atoms with Crippen molar-refractivity contribution in [3.63, 3.8) is 0 Å². The average Bonchev–Trinajstić information content (AvgIpc) is 2.77. The summed E-state index contributed by atoms with van der Waals surface area (Å²) in [5, 5.41) is 9.77. The second-order valence-electron chi connectivity index (χ2n) is 4.66. The molecule has 0 spiro atoms. The first-order chi connectivity index (χ1) is 10.0. The van der Waals surface area contributed by atoms with E-state index in [9.17, 15) is 13.6 Å². The van der Waals surface area contributed by atoms with E-state index in [0.29, 0.717) is 27.5 Å². The van der Waals surface area contributed by atoms with Crippen LogP contribution in [0, 0.1) is 29.5 Å². The van der Waals surface area contributed by atoms with Gasteiger partial charge in [0.2, 0.25) is 0 Å². The van der Waals surface area contributed by atoms with Crippen LogP contribution in [0.4, 0.5) is 8.78 Å². The summed E-state index contributed by atoms with van der Waals surface area (Å²) in [7, 11) is 0. The Bertz CT molecular complexity index is 914. The molecule has 21 heavy (non-hydrogen) atoms. The highest BCUT2D eigenvalue weighted by Crippen LogP contribution is 2.37. The lowest BCUT2D eigenvalue weighted by atomic mass is 10.00. The number of rotatable bonds is 0. The van der Waals surface area contributed by atoms with Gasteiger partial charge in [0.15, 0.2) is 17.4 Å². The molecule has 0 heterocycles. The second-order valence-corrected chi connectivity index (χ2v) is 4.66. The van der Waals surface area contributed by atoms with E-state index < -0.39 is 11.6 Å². The molecule has 0 N–H and O–H groups in total. The Morgan fingerprint density at radius 1 is 1.14 bits per heavy atom. The summed E-state index contributed by atoms with van der Waals surface area (Å²) in [6, 6.07) is 6.82. The van der Waals surface area contributed by atoms with Crippen molar-refractivity contribution in [2.24, 2.45) is 0 Å². The number of ketones is 1. The highest BCUT2D eigenvalue weighted by molar-refractivity contribution is 6.15. The van der Waals surface area contributed by atoms with Crippen molar-refractivity contribution in [1.82, 2.24) is 0 Å². The van der Waals surface area contributed by atoms with Crippen LogP contribution in [0.25, 0.3) is 21.2 Å². The minimum absolute atomic E-state index is 0.0398. The Hall–Kier alpha value is -3.05. The normalized spacial score (nSPS) is 15.5. The van der Waals surface area contributed by atoms with Crippen molar-refractivity contribution in [3.05, 3.63) is 64.1 Å². The number of nitriles is 1. The molecule has 0 bridgehead atoms. The number of carbonyl (C=O) groups excluding carboxylic acids is 1. The molecule has 0 amide bonds. The molecule has 3 nitrogen and oxygen atoms in total. The van der Waals surface area contributed by atoms with Crippen LogP contribution < -0.4 is 0 Å². The zero-order chi connectivity index (χ0) is 15.1. The molecule has 3 rings (SSSR count). The van der Waals surface area contributed by atoms with Gasteiger partial charge in [0.25, 0.3) is 5.70 Å². The predicted octanol–water partition coefficient (Wildman–Crippen LogP) is 3.86. The molecule has 1 aliphatic rings. The fraction of sp³-hybridized carbons (Fsp3) is 0.0625. The van der Waals surface area contributed by atoms with E-state index in [0.717, 1.165) is 12.1 Å². The molecule has 0 saturated carbocycles. The Morgan fingerprint density at radius 3 is 2.24 bits per heavy atom. The smallest absolute Gasteiger partial charge is 0.266 e. The van der Waals surface area contributed by atoms with E-state index in [1.807, 2.05) is 0 Å². The quantitative estimate of drug-likeness (QED) is 0.543. The van der Waals surface area contributed by atoms with Gasteiger partial charge in [-0.3, -0.25) is 4.79 Å². The number of allylic oxidation sites excluding steroid dienone is 2. The minimum atomic E-state index is -0.984. The van der Waals surface area contributed by atoms with Crippen molar-refractivity contribution in [2.75, 3.05) is 0 Å². The summed E-state index contributed by atoms with van der Waals surface area (Å²) >= 11 is 0. The van der Waals surface area contributed by atoms with Gasteiger partial charge in [0, 0.05) is 12.0 Å². The third-order valence-corrected chi connectivity index (χ3v) is 3.48. The van der Waals surface area contributed by atoms with Gasteiger partial charge >= 0.3 is 0 Å². The first kappa shape index (κ1) is 13.0. The number of hydrogen-bond acceptors (Lipinski definition) is 2. The monoisotopic (exact) mass is 280 g/mol. The van der Waals surface area contributed by atoms with Crippen molar-refractivity contribution in [1.29, 1.82) is 5.26 Å². The molecule has 1 aliphatic carbocycles. The van der Waals surface area contributed by atoms with Crippen LogP contribution in [0.15, 0.2) is 30.0 Å². The van der Waals surface area contributed by atoms with Crippen molar-refractivity contribution in [2.45, 2.75) is 6.42 Å². The van der Waals surface area contributed by atoms with Crippen molar-refractivity contribution in [3.8, 4) is 6.07 Å². The van der Waals surface area contributed by atoms with Crippen LogP contribution in [-0.2, 0) is 0 Å². The van der Waals surface area contributed by atoms with Gasteiger partial charge < -0.3 is 0 Å². The van der Waals surface area contributed by atoms with Crippen LogP contribution in [-0.4, -0.2) is 5.78 Å². The topological polar surface area (TPSA) is 45.2 Å². The summed E-state index contributed by atoms with van der Waals surface area (Å²) in [5.74, 6) is -2.20. The van der Waals surface area contributed by atoms with E-state index in [1.165, 1.54) is 12.1 Å². The number of carbonyl (C=O) groups is 1. The summed E-state index contributed by atoms with van der Waals surface area (Å²) in [6.07, 6.45) is -0.0398. The number of Topliss-reactive ketones (excluding diaryl/α,β-unsaturated/α-hetero) is 1. The van der Waals surface area contributed by atoms with Crippen LogP contribution >= 0.6 is 0 Å². The zero-order valence-electron chi connectivity index (χ0n) is 10.6. The summed E-state index contributed by atoms with van der Waals surface area (Å²) in [6.45, 7) is 6.98. The van der Waals surface area contributed by atoms with Crippen LogP contribution in [0.1, 0.15) is 22.3 Å². The third kappa shape index (κ3) is 1.87. The third-order valence-electron chi connectivity index (χ3n) is 3.48. The van der Waals surface area contributed by atoms with Gasteiger partial charge in [-0.15, -0.1) is 0 Å². The number of hydrogen-bond donors (Lipinski definition) is 0. The molecular formula is C16H6F2N2O. The lowest BCUT2D eigenvalue weighted by Crippen LogP contribution is -1.92. The summed E-state index contributed by atoms with van der Waals surface area (Å²) in [4.78, 5) is 15.1. The highest BCUT2D eigenvalue weighted by Gasteiger charge is 2.27. The van der Waals surface area contributed by atoms with E-state index >= 15 is 0 Å². The van der Waals surface area contributed by atoms with Crippen LogP contribution in [0.2, 0.25) is 0 Å². The standard InChI is InChI=1S/C16H6F2N2O/c1-20-15(7-19)11-6-16(21)12-3-9-5-14(18)13(17)4-8(9)2-10(11)12/h2-5H,6H2/b15-11-. The Morgan fingerprint density at radius 2 is 1.71 bits per heavy atom. The van der Waals surface area contributed by atoms with Gasteiger partial charge in [-0.1, -0.05) is 0 Å². The van der Waals surface area contributed by atoms with E-state index in [4.69, 9.17) is 11.8 Å². The van der Waals surface area contributed by atoms with Gasteiger partial charge in [0.1, 0.15) is 0 Å². The first-order valence-corrected chi connectivity index (χ1v) is 6.02. The lowest BCUT2D eigenvalue weighted by molar-refractivity contribution is 0.100. The predicted molar refractivity (Wildman–Crippen MR) is 71.9 cm³/mol. The second kappa shape index (κ2) is 4.50. The molecule has 0 aliphatic heterocycles. The van der Waals surface area contributed by atoms with E-state index in [2.05, 4.69) is 4.85 Å². The molecule has 0 radical (unpaired) electrons. The molecule has 0 atom stereocenters. The van der Waals surface area contributed by atoms with Crippen molar-refractivity contribution >= 4 is 22.1 Å². The number of fused-ring (bicyclic) bond motifs is 2. The summed E-state index contributed by atoms with van der Waals surface area (Å²) < 4.78 is 26.6. The molecule has 100 valence electrons. The minimum Gasteiger partial charge on any atom is -0.294 e. The van der Waals surface area contributed by atoms with E-state index in [-0.39, 0.29) is 17.9 Å². The van der Waals surface area contributed by atoms with Crippen LogP contribution in [0.5, 0.6) is 0 Å². The van der Waals surface area contributed by atoms with Gasteiger partial charge in [-0.25, -0.2) is 18.9 Å². The fourth-order valence-electron chi connectivity index (χ4n) is 2.50. The molecule has 2 aromatic carbocycles. The fourth-order valence-corrected chi connectivity index (χ4v) is 2.50. The lowest BCUT2D eigenvalue weighted by Gasteiger charge is -2.05. The molecule has 5 heteroatoms. The largest absolute Gasteiger partial charge is 0.294 e. The maximum Gasteiger partial charge on any atom is 0.266 e. The maximum atomic E-state index is 13.3. The van der Waals surface area contributed by atoms with E-state index in [1.54, 1.807) is 6.07 Å². The molecule has 2 aromatic rings. The SMILES string of the molecule is [C-]#[N+]/C(C#N)=C1/CC(=O)c2cc3cc(F)c(F)cc3cc21. The molecular weight excluding hydrogens is 274 g/mol. The highest BCUT2D eigenvalue weighted by atomic mass is 19.2. The average molecular weight is 280 g/mol. The van der Waals surface area contributed by atoms with Crippen LogP contribution in [0.3, 0.4) is 0 Å². The van der Waals surface area contributed by atoms with Gasteiger partial charge in [-0.2, -0.15) is 0 Å². The first-order valence-electron chi connectivity index (χ1n) is 6.02. The number of halogens is 2. The Balaban J connectivity index is 2.37. The zero-order valence-corrected chi connectivity index (χ0v) is 10.6. The molecule has 0 fully saturated rings. The van der Waals surface area contributed by atoms with Gasteiger partial charge in [-0.05, 0) is 46.2 Å². The molecule has 0 unspecified atom stereocenters. The van der Waals surface area contributed by atoms with Crippen molar-refractivity contribution < 1.29 is 13.6 Å².